The van der Waals surface area contributed by atoms with Gasteiger partial charge in [-0.25, -0.2) is 4.39 Å². The summed E-state index contributed by atoms with van der Waals surface area (Å²) in [5.41, 5.74) is 1.15. The molecule has 2 N–H and O–H groups in total. The number of hydrogen-bond acceptors (Lipinski definition) is 3. The molecule has 0 saturated carbocycles. The Bertz CT molecular complexity index is 404. The fourth-order valence-corrected chi connectivity index (χ4v) is 1.68. The van der Waals surface area contributed by atoms with Gasteiger partial charge in [-0.1, -0.05) is 12.1 Å². The van der Waals surface area contributed by atoms with Crippen LogP contribution in [-0.4, -0.2) is 32.2 Å². The van der Waals surface area contributed by atoms with Crippen LogP contribution >= 0.6 is 0 Å². The molecule has 0 bridgehead atoms. The standard InChI is InChI=1S/C14H21FN2O2/c1-10-6-4-7-12(15)13(10)17-11(2)14(18)16-8-5-9-19-3/h4,6-7,11,17H,5,8-9H2,1-3H3,(H,16,18). The number of benzene rings is 1. The minimum atomic E-state index is -0.488. The first-order chi connectivity index (χ1) is 9.06. The highest BCUT2D eigenvalue weighted by Gasteiger charge is 2.14. The molecule has 5 heteroatoms. The molecule has 1 unspecified atom stereocenters. The van der Waals surface area contributed by atoms with Gasteiger partial charge >= 0.3 is 0 Å². The van der Waals surface area contributed by atoms with Crippen LogP contribution in [0.25, 0.3) is 0 Å². The maximum atomic E-state index is 13.6. The van der Waals surface area contributed by atoms with Gasteiger partial charge < -0.3 is 15.4 Å². The highest BCUT2D eigenvalue weighted by molar-refractivity contribution is 5.84. The van der Waals surface area contributed by atoms with Crippen molar-refractivity contribution in [1.29, 1.82) is 0 Å². The monoisotopic (exact) mass is 268 g/mol. The number of carbonyl (C=O) groups excluding carboxylic acids is 1. The van der Waals surface area contributed by atoms with E-state index in [2.05, 4.69) is 10.6 Å². The van der Waals surface area contributed by atoms with E-state index in [0.717, 1.165) is 12.0 Å². The van der Waals surface area contributed by atoms with Crippen LogP contribution in [0, 0.1) is 12.7 Å². The largest absolute Gasteiger partial charge is 0.385 e. The number of halogens is 1. The van der Waals surface area contributed by atoms with Crippen LogP contribution in [0.4, 0.5) is 10.1 Å². The highest BCUT2D eigenvalue weighted by atomic mass is 19.1. The predicted molar refractivity (Wildman–Crippen MR) is 73.7 cm³/mol. The van der Waals surface area contributed by atoms with Crippen molar-refractivity contribution in [2.45, 2.75) is 26.3 Å². The van der Waals surface area contributed by atoms with Crippen LogP contribution < -0.4 is 10.6 Å². The lowest BCUT2D eigenvalue weighted by molar-refractivity contribution is -0.121. The summed E-state index contributed by atoms with van der Waals surface area (Å²) in [6.45, 7) is 4.66. The van der Waals surface area contributed by atoms with E-state index in [4.69, 9.17) is 4.74 Å². The van der Waals surface area contributed by atoms with Gasteiger partial charge in [-0.05, 0) is 31.9 Å². The molecule has 1 rings (SSSR count). The number of para-hydroxylation sites is 1. The summed E-state index contributed by atoms with van der Waals surface area (Å²) in [6.07, 6.45) is 0.758. The zero-order valence-electron chi connectivity index (χ0n) is 11.6. The van der Waals surface area contributed by atoms with Gasteiger partial charge in [0.2, 0.25) is 5.91 Å². The Hall–Kier alpha value is -1.62. The molecule has 0 fully saturated rings. The Kier molecular flexibility index (Phi) is 6.29. The zero-order chi connectivity index (χ0) is 14.3. The van der Waals surface area contributed by atoms with Crippen LogP contribution in [0.2, 0.25) is 0 Å². The number of aryl methyl sites for hydroxylation is 1. The maximum absolute atomic E-state index is 13.6. The molecule has 1 aromatic rings. The summed E-state index contributed by atoms with van der Waals surface area (Å²) >= 11 is 0. The zero-order valence-corrected chi connectivity index (χ0v) is 11.6. The molecule has 1 aromatic carbocycles. The molecule has 0 aromatic heterocycles. The summed E-state index contributed by atoms with van der Waals surface area (Å²) in [6, 6.07) is 4.33. The second-order valence-corrected chi connectivity index (χ2v) is 4.44. The van der Waals surface area contributed by atoms with E-state index in [1.807, 2.05) is 0 Å². The van der Waals surface area contributed by atoms with E-state index in [1.165, 1.54) is 6.07 Å². The van der Waals surface area contributed by atoms with Crippen molar-refractivity contribution < 1.29 is 13.9 Å². The molecule has 0 spiro atoms. The van der Waals surface area contributed by atoms with E-state index >= 15 is 0 Å². The molecule has 0 aliphatic rings. The molecular weight excluding hydrogens is 247 g/mol. The molecule has 1 amide bonds. The summed E-state index contributed by atoms with van der Waals surface area (Å²) in [5.74, 6) is -0.502. The fourth-order valence-electron chi connectivity index (χ4n) is 1.68. The third-order valence-electron chi connectivity index (χ3n) is 2.80. The second-order valence-electron chi connectivity index (χ2n) is 4.44. The van der Waals surface area contributed by atoms with Gasteiger partial charge in [0.25, 0.3) is 0 Å². The van der Waals surface area contributed by atoms with Crippen LogP contribution in [0.1, 0.15) is 18.9 Å². The minimum Gasteiger partial charge on any atom is -0.385 e. The van der Waals surface area contributed by atoms with Gasteiger partial charge in [0, 0.05) is 20.3 Å². The van der Waals surface area contributed by atoms with Gasteiger partial charge in [0.15, 0.2) is 0 Å². The topological polar surface area (TPSA) is 50.4 Å². The predicted octanol–water partition coefficient (Wildman–Crippen LogP) is 2.09. The number of ether oxygens (including phenoxy) is 1. The van der Waals surface area contributed by atoms with Crippen LogP contribution in [0.5, 0.6) is 0 Å². The number of rotatable bonds is 7. The van der Waals surface area contributed by atoms with Crippen molar-refractivity contribution in [2.75, 3.05) is 25.6 Å². The van der Waals surface area contributed by atoms with Crippen molar-refractivity contribution in [3.05, 3.63) is 29.6 Å². The quantitative estimate of drug-likeness (QED) is 0.744. The van der Waals surface area contributed by atoms with Crippen LogP contribution in [-0.2, 0) is 9.53 Å². The molecule has 0 heterocycles. The molecule has 106 valence electrons. The van der Waals surface area contributed by atoms with E-state index in [0.29, 0.717) is 18.8 Å². The van der Waals surface area contributed by atoms with E-state index in [9.17, 15) is 9.18 Å². The number of hydrogen-bond donors (Lipinski definition) is 2. The first-order valence-electron chi connectivity index (χ1n) is 6.34. The Balaban J connectivity index is 2.50. The lowest BCUT2D eigenvalue weighted by Gasteiger charge is -2.17. The van der Waals surface area contributed by atoms with Gasteiger partial charge in [0.05, 0.1) is 5.69 Å². The van der Waals surface area contributed by atoms with Crippen molar-refractivity contribution in [2.24, 2.45) is 0 Å². The molecule has 0 radical (unpaired) electrons. The molecule has 0 aliphatic carbocycles. The molecule has 1 atom stereocenters. The smallest absolute Gasteiger partial charge is 0.242 e. The number of amides is 1. The van der Waals surface area contributed by atoms with E-state index in [1.54, 1.807) is 33.1 Å². The Morgan fingerprint density at radius 1 is 1.47 bits per heavy atom. The lowest BCUT2D eigenvalue weighted by Crippen LogP contribution is -2.38. The average Bonchev–Trinajstić information content (AvgIpc) is 2.38. The average molecular weight is 268 g/mol. The summed E-state index contributed by atoms with van der Waals surface area (Å²) in [7, 11) is 1.62. The maximum Gasteiger partial charge on any atom is 0.242 e. The first kappa shape index (κ1) is 15.4. The summed E-state index contributed by atoms with van der Waals surface area (Å²) < 4.78 is 18.5. The normalized spacial score (nSPS) is 12.0. The van der Waals surface area contributed by atoms with Gasteiger partial charge in [-0.3, -0.25) is 4.79 Å². The number of nitrogens with one attached hydrogen (secondary N) is 2. The number of carbonyl (C=O) groups is 1. The molecule has 0 saturated heterocycles. The number of anilines is 1. The lowest BCUT2D eigenvalue weighted by atomic mass is 10.1. The Labute approximate surface area is 113 Å². The van der Waals surface area contributed by atoms with Gasteiger partial charge in [-0.15, -0.1) is 0 Å². The third-order valence-corrected chi connectivity index (χ3v) is 2.80. The molecular formula is C14H21FN2O2. The van der Waals surface area contributed by atoms with Crippen molar-refractivity contribution >= 4 is 11.6 Å². The van der Waals surface area contributed by atoms with Gasteiger partial charge in [0.1, 0.15) is 11.9 Å². The highest BCUT2D eigenvalue weighted by Crippen LogP contribution is 2.19. The SMILES string of the molecule is COCCCNC(=O)C(C)Nc1c(C)cccc1F. The van der Waals surface area contributed by atoms with Crippen molar-refractivity contribution in [3.63, 3.8) is 0 Å². The molecule has 4 nitrogen and oxygen atoms in total. The Morgan fingerprint density at radius 2 is 2.21 bits per heavy atom. The summed E-state index contributed by atoms with van der Waals surface area (Å²) in [4.78, 5) is 11.8. The molecule has 19 heavy (non-hydrogen) atoms. The van der Waals surface area contributed by atoms with Crippen LogP contribution in [0.3, 0.4) is 0 Å². The van der Waals surface area contributed by atoms with Crippen molar-refractivity contribution in [3.8, 4) is 0 Å². The minimum absolute atomic E-state index is 0.154. The third kappa shape index (κ3) is 4.87. The van der Waals surface area contributed by atoms with Crippen molar-refractivity contribution in [1.82, 2.24) is 5.32 Å². The summed E-state index contributed by atoms with van der Waals surface area (Å²) in [5, 5.41) is 5.67. The Morgan fingerprint density at radius 3 is 2.84 bits per heavy atom. The number of methoxy groups -OCH3 is 1. The van der Waals surface area contributed by atoms with E-state index in [-0.39, 0.29) is 11.7 Å². The first-order valence-corrected chi connectivity index (χ1v) is 6.34. The molecule has 0 aliphatic heterocycles. The van der Waals surface area contributed by atoms with E-state index < -0.39 is 6.04 Å². The van der Waals surface area contributed by atoms with Gasteiger partial charge in [-0.2, -0.15) is 0 Å². The second kappa shape index (κ2) is 7.74. The fraction of sp³-hybridized carbons (Fsp3) is 0.500. The van der Waals surface area contributed by atoms with Crippen LogP contribution in [0.15, 0.2) is 18.2 Å².